The van der Waals surface area contributed by atoms with Crippen LogP contribution in [0.25, 0.3) is 0 Å². The Hall–Kier alpha value is -0.320. The minimum absolute atomic E-state index is 0. The molecule has 19 heavy (non-hydrogen) atoms. The lowest BCUT2D eigenvalue weighted by atomic mass is 9.92. The largest absolute Gasteiger partial charge is 0.355 e. The number of halogens is 1. The Kier molecular flexibility index (Phi) is 9.40. The van der Waals surface area contributed by atoms with E-state index < -0.39 is 6.04 Å². The summed E-state index contributed by atoms with van der Waals surface area (Å²) >= 11 is 0. The SMILES string of the molecule is CC1CC(C)CN(CCCCNC(=O)C(C)N)C1.Cl. The van der Waals surface area contributed by atoms with Crippen LogP contribution in [0.4, 0.5) is 0 Å². The van der Waals surface area contributed by atoms with E-state index >= 15 is 0 Å². The van der Waals surface area contributed by atoms with Gasteiger partial charge >= 0.3 is 0 Å². The molecule has 3 unspecified atom stereocenters. The summed E-state index contributed by atoms with van der Waals surface area (Å²) in [5.41, 5.74) is 5.48. The standard InChI is InChI=1S/C14H29N3O.ClH/c1-11-8-12(2)10-17(9-11)7-5-4-6-16-14(18)13(3)15;/h11-13H,4-10,15H2,1-3H3,(H,16,18);1H. The molecule has 1 aliphatic rings. The third-order valence-corrected chi connectivity index (χ3v) is 3.56. The van der Waals surface area contributed by atoms with Crippen molar-refractivity contribution in [3.05, 3.63) is 0 Å². The molecule has 0 aliphatic carbocycles. The molecule has 0 aromatic heterocycles. The maximum atomic E-state index is 11.2. The van der Waals surface area contributed by atoms with Crippen molar-refractivity contribution in [3.8, 4) is 0 Å². The van der Waals surface area contributed by atoms with Gasteiger partial charge in [-0.05, 0) is 44.6 Å². The molecule has 0 aromatic rings. The maximum absolute atomic E-state index is 11.2. The highest BCUT2D eigenvalue weighted by molar-refractivity contribution is 5.85. The average molecular weight is 292 g/mol. The number of hydrogen-bond donors (Lipinski definition) is 2. The predicted molar refractivity (Wildman–Crippen MR) is 82.5 cm³/mol. The number of carbonyl (C=O) groups is 1. The predicted octanol–water partition coefficient (Wildman–Crippen LogP) is 1.63. The first-order valence-corrected chi connectivity index (χ1v) is 7.24. The molecule has 0 saturated carbocycles. The van der Waals surface area contributed by atoms with E-state index in [2.05, 4.69) is 24.1 Å². The van der Waals surface area contributed by atoms with Crippen LogP contribution in [0, 0.1) is 11.8 Å². The topological polar surface area (TPSA) is 58.4 Å². The van der Waals surface area contributed by atoms with Crippen LogP contribution in [0.2, 0.25) is 0 Å². The minimum Gasteiger partial charge on any atom is -0.355 e. The van der Waals surface area contributed by atoms with E-state index in [1.165, 1.54) is 19.5 Å². The van der Waals surface area contributed by atoms with Gasteiger partial charge in [0.1, 0.15) is 0 Å². The number of nitrogens with zero attached hydrogens (tertiary/aromatic N) is 1. The van der Waals surface area contributed by atoms with Gasteiger partial charge in [-0.2, -0.15) is 0 Å². The quantitative estimate of drug-likeness (QED) is 0.731. The van der Waals surface area contributed by atoms with Crippen LogP contribution < -0.4 is 11.1 Å². The van der Waals surface area contributed by atoms with E-state index in [9.17, 15) is 4.79 Å². The highest BCUT2D eigenvalue weighted by Gasteiger charge is 2.20. The van der Waals surface area contributed by atoms with Crippen molar-refractivity contribution in [1.82, 2.24) is 10.2 Å². The van der Waals surface area contributed by atoms with Crippen LogP contribution in [-0.2, 0) is 4.79 Å². The smallest absolute Gasteiger partial charge is 0.236 e. The highest BCUT2D eigenvalue weighted by atomic mass is 35.5. The third-order valence-electron chi connectivity index (χ3n) is 3.56. The molecule has 114 valence electrons. The Labute approximate surface area is 123 Å². The zero-order chi connectivity index (χ0) is 13.5. The molecule has 0 radical (unpaired) electrons. The number of likely N-dealkylation sites (tertiary alicyclic amines) is 1. The molecule has 0 spiro atoms. The Bertz CT molecular complexity index is 251. The van der Waals surface area contributed by atoms with Crippen molar-refractivity contribution >= 4 is 18.3 Å². The van der Waals surface area contributed by atoms with Crippen LogP contribution in [0.15, 0.2) is 0 Å². The van der Waals surface area contributed by atoms with Crippen molar-refractivity contribution in [1.29, 1.82) is 0 Å². The fourth-order valence-corrected chi connectivity index (χ4v) is 2.81. The van der Waals surface area contributed by atoms with Crippen molar-refractivity contribution in [2.45, 2.75) is 46.1 Å². The summed E-state index contributed by atoms with van der Waals surface area (Å²) in [6.07, 6.45) is 3.55. The number of hydrogen-bond acceptors (Lipinski definition) is 3. The normalized spacial score (nSPS) is 25.5. The van der Waals surface area contributed by atoms with Gasteiger partial charge in [-0.25, -0.2) is 0 Å². The molecule has 4 nitrogen and oxygen atoms in total. The number of rotatable bonds is 6. The van der Waals surface area contributed by atoms with Gasteiger partial charge in [-0.3, -0.25) is 4.79 Å². The molecule has 1 amide bonds. The van der Waals surface area contributed by atoms with Crippen molar-refractivity contribution in [3.63, 3.8) is 0 Å². The molecule has 3 atom stereocenters. The second-order valence-electron chi connectivity index (χ2n) is 5.99. The lowest BCUT2D eigenvalue weighted by Gasteiger charge is -2.34. The summed E-state index contributed by atoms with van der Waals surface area (Å²) in [5, 5.41) is 2.85. The van der Waals surface area contributed by atoms with Crippen LogP contribution in [0.3, 0.4) is 0 Å². The van der Waals surface area contributed by atoms with E-state index in [-0.39, 0.29) is 18.3 Å². The third kappa shape index (κ3) is 7.75. The molecule has 0 aromatic carbocycles. The summed E-state index contributed by atoms with van der Waals surface area (Å²) in [7, 11) is 0. The number of unbranched alkanes of at least 4 members (excludes halogenated alkanes) is 1. The molecular weight excluding hydrogens is 262 g/mol. The summed E-state index contributed by atoms with van der Waals surface area (Å²) in [6.45, 7) is 10.8. The molecule has 1 fully saturated rings. The summed E-state index contributed by atoms with van der Waals surface area (Å²) in [6, 6.07) is -0.395. The first kappa shape index (κ1) is 18.7. The van der Waals surface area contributed by atoms with Gasteiger partial charge < -0.3 is 16.0 Å². The molecule has 1 rings (SSSR count). The Morgan fingerprint density at radius 3 is 2.42 bits per heavy atom. The molecule has 1 heterocycles. The minimum atomic E-state index is -0.395. The second-order valence-corrected chi connectivity index (χ2v) is 5.99. The average Bonchev–Trinajstić information content (AvgIpc) is 2.26. The first-order chi connectivity index (χ1) is 8.49. The Morgan fingerprint density at radius 1 is 1.32 bits per heavy atom. The van der Waals surface area contributed by atoms with Gasteiger partial charge in [-0.1, -0.05) is 13.8 Å². The summed E-state index contributed by atoms with van der Waals surface area (Å²) < 4.78 is 0. The van der Waals surface area contributed by atoms with Gasteiger partial charge in [0.2, 0.25) is 5.91 Å². The molecule has 3 N–H and O–H groups in total. The van der Waals surface area contributed by atoms with E-state index in [1.807, 2.05) is 0 Å². The highest BCUT2D eigenvalue weighted by Crippen LogP contribution is 2.20. The van der Waals surface area contributed by atoms with Crippen LogP contribution in [-0.4, -0.2) is 43.0 Å². The van der Waals surface area contributed by atoms with E-state index in [1.54, 1.807) is 6.92 Å². The number of nitrogens with two attached hydrogens (primary N) is 1. The molecule has 1 aliphatic heterocycles. The van der Waals surface area contributed by atoms with E-state index in [0.717, 1.165) is 37.8 Å². The number of piperidine rings is 1. The van der Waals surface area contributed by atoms with Crippen LogP contribution >= 0.6 is 12.4 Å². The molecule has 5 heteroatoms. The summed E-state index contributed by atoms with van der Waals surface area (Å²) in [5.74, 6) is 1.60. The van der Waals surface area contributed by atoms with E-state index in [0.29, 0.717) is 0 Å². The van der Waals surface area contributed by atoms with Crippen LogP contribution in [0.1, 0.15) is 40.0 Å². The lowest BCUT2D eigenvalue weighted by Crippen LogP contribution is -2.40. The lowest BCUT2D eigenvalue weighted by molar-refractivity contribution is -0.121. The maximum Gasteiger partial charge on any atom is 0.236 e. The number of nitrogens with one attached hydrogen (secondary N) is 1. The van der Waals surface area contributed by atoms with Gasteiger partial charge in [0.25, 0.3) is 0 Å². The fraction of sp³-hybridized carbons (Fsp3) is 0.929. The molecule has 1 saturated heterocycles. The fourth-order valence-electron chi connectivity index (χ4n) is 2.81. The van der Waals surface area contributed by atoms with E-state index in [4.69, 9.17) is 5.73 Å². The number of carbonyl (C=O) groups excluding carboxylic acids is 1. The molecular formula is C14H30ClN3O. The van der Waals surface area contributed by atoms with Gasteiger partial charge in [0, 0.05) is 19.6 Å². The van der Waals surface area contributed by atoms with Gasteiger partial charge in [0.05, 0.1) is 6.04 Å². The summed E-state index contributed by atoms with van der Waals surface area (Å²) in [4.78, 5) is 13.8. The Morgan fingerprint density at radius 2 is 1.89 bits per heavy atom. The zero-order valence-electron chi connectivity index (χ0n) is 12.5. The second kappa shape index (κ2) is 9.56. The van der Waals surface area contributed by atoms with Gasteiger partial charge in [-0.15, -0.1) is 12.4 Å². The van der Waals surface area contributed by atoms with Crippen molar-refractivity contribution < 1.29 is 4.79 Å². The monoisotopic (exact) mass is 291 g/mol. The van der Waals surface area contributed by atoms with Crippen LogP contribution in [0.5, 0.6) is 0 Å². The Balaban J connectivity index is 0.00000324. The molecule has 0 bridgehead atoms. The zero-order valence-corrected chi connectivity index (χ0v) is 13.3. The van der Waals surface area contributed by atoms with Gasteiger partial charge in [0.15, 0.2) is 0 Å². The van der Waals surface area contributed by atoms with Crippen molar-refractivity contribution in [2.24, 2.45) is 17.6 Å². The van der Waals surface area contributed by atoms with Crippen molar-refractivity contribution in [2.75, 3.05) is 26.2 Å². The number of amides is 1. The first-order valence-electron chi connectivity index (χ1n) is 7.24.